The Morgan fingerprint density at radius 1 is 1.50 bits per heavy atom. The average Bonchev–Trinajstić information content (AvgIpc) is 2.04. The summed E-state index contributed by atoms with van der Waals surface area (Å²) < 4.78 is 0. The van der Waals surface area contributed by atoms with Crippen LogP contribution in [-0.2, 0) is 4.79 Å². The van der Waals surface area contributed by atoms with Gasteiger partial charge in [0.25, 0.3) is 0 Å². The Morgan fingerprint density at radius 2 is 2.00 bits per heavy atom. The molecule has 1 fully saturated rings. The third kappa shape index (κ3) is 1.67. The molecule has 1 amide bonds. The number of nitrogens with one attached hydrogen (secondary N) is 1. The van der Waals surface area contributed by atoms with Crippen LogP contribution in [-0.4, -0.2) is 19.0 Å². The zero-order valence-corrected chi connectivity index (χ0v) is 7.52. The van der Waals surface area contributed by atoms with E-state index in [-0.39, 0.29) is 11.3 Å². The van der Waals surface area contributed by atoms with Gasteiger partial charge in [-0.2, -0.15) is 0 Å². The molecule has 1 saturated heterocycles. The second kappa shape index (κ2) is 3.27. The molecule has 0 unspecified atom stereocenters. The van der Waals surface area contributed by atoms with E-state index in [1.165, 1.54) is 0 Å². The van der Waals surface area contributed by atoms with Crippen molar-refractivity contribution in [3.8, 4) is 0 Å². The molecule has 0 saturated carbocycles. The highest BCUT2D eigenvalue weighted by atomic mass is 16.1. The average molecular weight is 168 g/mol. The lowest BCUT2D eigenvalue weighted by molar-refractivity contribution is -0.115. The van der Waals surface area contributed by atoms with E-state index in [4.69, 9.17) is 5.73 Å². The van der Waals surface area contributed by atoms with Gasteiger partial charge in [-0.1, -0.05) is 13.5 Å². The molecule has 68 valence electrons. The lowest BCUT2D eigenvalue weighted by Gasteiger charge is -2.34. The van der Waals surface area contributed by atoms with E-state index in [1.54, 1.807) is 0 Å². The zero-order chi connectivity index (χ0) is 9.19. The predicted molar refractivity (Wildman–Crippen MR) is 48.5 cm³/mol. The second-order valence-electron chi connectivity index (χ2n) is 3.65. The van der Waals surface area contributed by atoms with E-state index in [0.717, 1.165) is 25.9 Å². The molecule has 1 heterocycles. The summed E-state index contributed by atoms with van der Waals surface area (Å²) in [6.07, 6.45) is 1.91. The SMILES string of the molecule is C=C(C(N)=O)C1(C)CCNCC1. The standard InChI is InChI=1S/C9H16N2O/c1-7(8(10)12)9(2)3-5-11-6-4-9/h11H,1,3-6H2,2H3,(H2,10,12). The minimum absolute atomic E-state index is 0.0723. The number of carbonyl (C=O) groups excluding carboxylic acids is 1. The lowest BCUT2D eigenvalue weighted by atomic mass is 9.75. The highest BCUT2D eigenvalue weighted by Crippen LogP contribution is 2.34. The van der Waals surface area contributed by atoms with Crippen molar-refractivity contribution in [1.82, 2.24) is 5.32 Å². The van der Waals surface area contributed by atoms with Crippen LogP contribution in [0.25, 0.3) is 0 Å². The topological polar surface area (TPSA) is 55.1 Å². The molecular formula is C9H16N2O. The summed E-state index contributed by atoms with van der Waals surface area (Å²) in [5, 5.41) is 3.24. The van der Waals surface area contributed by atoms with E-state index in [1.807, 2.05) is 0 Å². The summed E-state index contributed by atoms with van der Waals surface area (Å²) in [7, 11) is 0. The third-order valence-corrected chi connectivity index (χ3v) is 2.73. The van der Waals surface area contributed by atoms with Gasteiger partial charge in [0.1, 0.15) is 0 Å². The first kappa shape index (κ1) is 9.26. The van der Waals surface area contributed by atoms with Gasteiger partial charge in [0.05, 0.1) is 0 Å². The van der Waals surface area contributed by atoms with Crippen molar-refractivity contribution in [3.63, 3.8) is 0 Å². The fourth-order valence-corrected chi connectivity index (χ4v) is 1.58. The van der Waals surface area contributed by atoms with Crippen molar-refractivity contribution in [3.05, 3.63) is 12.2 Å². The maximum atomic E-state index is 10.9. The molecule has 1 aliphatic heterocycles. The van der Waals surface area contributed by atoms with Crippen LogP contribution in [0, 0.1) is 5.41 Å². The normalized spacial score (nSPS) is 21.8. The Bertz CT molecular complexity index is 205. The molecule has 3 N–H and O–H groups in total. The zero-order valence-electron chi connectivity index (χ0n) is 7.52. The summed E-state index contributed by atoms with van der Waals surface area (Å²) in [5.74, 6) is -0.362. The Balaban J connectivity index is 2.69. The van der Waals surface area contributed by atoms with Gasteiger partial charge >= 0.3 is 0 Å². The maximum Gasteiger partial charge on any atom is 0.244 e. The summed E-state index contributed by atoms with van der Waals surface area (Å²) in [5.41, 5.74) is 5.69. The third-order valence-electron chi connectivity index (χ3n) is 2.73. The van der Waals surface area contributed by atoms with Gasteiger partial charge in [-0.05, 0) is 31.3 Å². The van der Waals surface area contributed by atoms with Crippen molar-refractivity contribution in [2.45, 2.75) is 19.8 Å². The number of carbonyl (C=O) groups is 1. The molecule has 0 bridgehead atoms. The van der Waals surface area contributed by atoms with E-state index < -0.39 is 0 Å². The highest BCUT2D eigenvalue weighted by molar-refractivity contribution is 5.92. The molecule has 0 spiro atoms. The van der Waals surface area contributed by atoms with Gasteiger partial charge in [-0.25, -0.2) is 0 Å². The molecule has 3 heteroatoms. The Hall–Kier alpha value is -0.830. The Kier molecular flexibility index (Phi) is 2.52. The number of rotatable bonds is 2. The number of hydrogen-bond donors (Lipinski definition) is 2. The molecule has 1 rings (SSSR count). The Morgan fingerprint density at radius 3 is 2.42 bits per heavy atom. The summed E-state index contributed by atoms with van der Waals surface area (Å²) >= 11 is 0. The molecular weight excluding hydrogens is 152 g/mol. The molecule has 0 aromatic carbocycles. The van der Waals surface area contributed by atoms with Gasteiger partial charge in [-0.3, -0.25) is 4.79 Å². The molecule has 0 aromatic heterocycles. The Labute approximate surface area is 73.0 Å². The van der Waals surface area contributed by atoms with Gasteiger partial charge in [-0.15, -0.1) is 0 Å². The van der Waals surface area contributed by atoms with Crippen molar-refractivity contribution < 1.29 is 4.79 Å². The first-order valence-electron chi connectivity index (χ1n) is 4.26. The van der Waals surface area contributed by atoms with Gasteiger partial charge in [0.15, 0.2) is 0 Å². The van der Waals surface area contributed by atoms with Crippen molar-refractivity contribution in [2.24, 2.45) is 11.1 Å². The van der Waals surface area contributed by atoms with Crippen molar-refractivity contribution in [1.29, 1.82) is 0 Å². The fraction of sp³-hybridized carbons (Fsp3) is 0.667. The van der Waals surface area contributed by atoms with Crippen LogP contribution in [0.3, 0.4) is 0 Å². The first-order valence-corrected chi connectivity index (χ1v) is 4.26. The second-order valence-corrected chi connectivity index (χ2v) is 3.65. The van der Waals surface area contributed by atoms with Gasteiger partial charge in [0.2, 0.25) is 5.91 Å². The van der Waals surface area contributed by atoms with Gasteiger partial charge < -0.3 is 11.1 Å². The van der Waals surface area contributed by atoms with Crippen LogP contribution in [0.2, 0.25) is 0 Å². The highest BCUT2D eigenvalue weighted by Gasteiger charge is 2.31. The monoisotopic (exact) mass is 168 g/mol. The molecule has 1 aliphatic rings. The summed E-state index contributed by atoms with van der Waals surface area (Å²) in [6, 6.07) is 0. The van der Waals surface area contributed by atoms with Crippen LogP contribution >= 0.6 is 0 Å². The van der Waals surface area contributed by atoms with Crippen LogP contribution in [0.15, 0.2) is 12.2 Å². The largest absolute Gasteiger partial charge is 0.366 e. The van der Waals surface area contributed by atoms with E-state index in [2.05, 4.69) is 18.8 Å². The molecule has 0 radical (unpaired) electrons. The first-order chi connectivity index (χ1) is 5.56. The molecule has 0 atom stereocenters. The van der Waals surface area contributed by atoms with E-state index in [0.29, 0.717) is 5.57 Å². The molecule has 3 nitrogen and oxygen atoms in total. The van der Waals surface area contributed by atoms with E-state index >= 15 is 0 Å². The minimum Gasteiger partial charge on any atom is -0.366 e. The van der Waals surface area contributed by atoms with Crippen molar-refractivity contribution >= 4 is 5.91 Å². The minimum atomic E-state index is -0.362. The maximum absolute atomic E-state index is 10.9. The smallest absolute Gasteiger partial charge is 0.244 e. The summed E-state index contributed by atoms with van der Waals surface area (Å²) in [4.78, 5) is 10.9. The number of amides is 1. The van der Waals surface area contributed by atoms with E-state index in [9.17, 15) is 4.79 Å². The van der Waals surface area contributed by atoms with Crippen molar-refractivity contribution in [2.75, 3.05) is 13.1 Å². The van der Waals surface area contributed by atoms with Crippen LogP contribution in [0.1, 0.15) is 19.8 Å². The fourth-order valence-electron chi connectivity index (χ4n) is 1.58. The molecule has 0 aromatic rings. The number of nitrogens with two attached hydrogens (primary N) is 1. The summed E-state index contributed by atoms with van der Waals surface area (Å²) in [6.45, 7) is 7.70. The van der Waals surface area contributed by atoms with Gasteiger partial charge in [0, 0.05) is 5.57 Å². The predicted octanol–water partition coefficient (Wildman–Crippen LogP) is 0.418. The van der Waals surface area contributed by atoms with Crippen LogP contribution in [0.4, 0.5) is 0 Å². The number of piperidine rings is 1. The molecule has 0 aliphatic carbocycles. The number of hydrogen-bond acceptors (Lipinski definition) is 2. The number of primary amides is 1. The van der Waals surface area contributed by atoms with Crippen LogP contribution < -0.4 is 11.1 Å². The quantitative estimate of drug-likeness (QED) is 0.587. The molecule has 12 heavy (non-hydrogen) atoms. The lowest BCUT2D eigenvalue weighted by Crippen LogP contribution is -2.39. The van der Waals surface area contributed by atoms with Crippen LogP contribution in [0.5, 0.6) is 0 Å².